The van der Waals surface area contributed by atoms with E-state index in [1.165, 1.54) is 10.7 Å². The van der Waals surface area contributed by atoms with Crippen molar-refractivity contribution < 1.29 is 9.59 Å². The molecule has 0 bridgehead atoms. The van der Waals surface area contributed by atoms with Gasteiger partial charge >= 0.3 is 0 Å². The van der Waals surface area contributed by atoms with Gasteiger partial charge in [-0.2, -0.15) is 15.3 Å². The normalized spacial score (nSPS) is 13.2. The van der Waals surface area contributed by atoms with Crippen molar-refractivity contribution in [3.63, 3.8) is 0 Å². The zero-order valence-electron chi connectivity index (χ0n) is 18.4. The summed E-state index contributed by atoms with van der Waals surface area (Å²) >= 11 is 0. The van der Waals surface area contributed by atoms with Crippen LogP contribution >= 0.6 is 0 Å². The average Bonchev–Trinajstić information content (AvgIpc) is 3.31. The van der Waals surface area contributed by atoms with Crippen molar-refractivity contribution in [2.24, 2.45) is 21.1 Å². The Bertz CT molecular complexity index is 1090. The fraction of sp³-hybridized carbons (Fsp3) is 0.450. The number of aryl methyl sites for hydroxylation is 5. The fourth-order valence-electron chi connectivity index (χ4n) is 3.57. The van der Waals surface area contributed by atoms with Crippen molar-refractivity contribution >= 4 is 11.8 Å². The Hall–Kier alpha value is -3.43. The van der Waals surface area contributed by atoms with E-state index in [1.807, 2.05) is 54.2 Å². The zero-order valence-corrected chi connectivity index (χ0v) is 18.4. The molecule has 0 spiro atoms. The summed E-state index contributed by atoms with van der Waals surface area (Å²) < 4.78 is 4.83. The van der Waals surface area contributed by atoms with Crippen LogP contribution in [-0.2, 0) is 21.1 Å². The summed E-state index contributed by atoms with van der Waals surface area (Å²) in [6.45, 7) is 7.57. The van der Waals surface area contributed by atoms with Gasteiger partial charge in [0, 0.05) is 50.7 Å². The molecular weight excluding hydrogens is 384 g/mol. The Morgan fingerprint density at radius 1 is 0.833 bits per heavy atom. The summed E-state index contributed by atoms with van der Waals surface area (Å²) in [6, 6.07) is 1.03. The number of carbonyl (C=O) groups excluding carboxylic acids is 2. The molecule has 0 aliphatic rings. The molecule has 3 heterocycles. The molecule has 0 aliphatic carbocycles. The Kier molecular flexibility index (Phi) is 5.77. The van der Waals surface area contributed by atoms with Crippen LogP contribution < -0.4 is 10.6 Å². The minimum Gasteiger partial charge on any atom is -0.344 e. The van der Waals surface area contributed by atoms with Gasteiger partial charge in [0.1, 0.15) is 5.69 Å². The minimum atomic E-state index is -0.350. The van der Waals surface area contributed by atoms with Crippen molar-refractivity contribution in [1.29, 1.82) is 0 Å². The highest BCUT2D eigenvalue weighted by atomic mass is 16.2. The molecule has 30 heavy (non-hydrogen) atoms. The first-order valence-corrected chi connectivity index (χ1v) is 9.72. The van der Waals surface area contributed by atoms with E-state index >= 15 is 0 Å². The van der Waals surface area contributed by atoms with Crippen molar-refractivity contribution in [3.8, 4) is 0 Å². The number of carbonyl (C=O) groups is 2. The van der Waals surface area contributed by atoms with Crippen LogP contribution in [0, 0.1) is 13.8 Å². The standard InChI is InChI=1S/C20H28N8O2/c1-11(15-9-26(5)23-13(15)3)21-19(29)17-8-18(28(7)25-17)20(30)22-12(2)16-10-27(6)24-14(16)4/h8-12H,1-7H3,(H,21,29)(H,22,30). The molecule has 3 rings (SSSR count). The SMILES string of the molecule is Cc1nn(C)cc1C(C)NC(=O)c1cc(C(=O)NC(C)c2cn(C)nc2C)n(C)n1. The molecule has 2 unspecified atom stereocenters. The van der Waals surface area contributed by atoms with Crippen LogP contribution in [0.5, 0.6) is 0 Å². The minimum absolute atomic E-state index is 0.182. The molecule has 160 valence electrons. The maximum atomic E-state index is 12.8. The van der Waals surface area contributed by atoms with Crippen molar-refractivity contribution in [2.75, 3.05) is 0 Å². The highest BCUT2D eigenvalue weighted by molar-refractivity contribution is 5.98. The van der Waals surface area contributed by atoms with Crippen LogP contribution in [0.3, 0.4) is 0 Å². The van der Waals surface area contributed by atoms with Gasteiger partial charge in [0.2, 0.25) is 0 Å². The molecule has 3 aromatic heterocycles. The lowest BCUT2D eigenvalue weighted by atomic mass is 10.1. The van der Waals surface area contributed by atoms with Crippen molar-refractivity contribution in [3.05, 3.63) is 52.4 Å². The van der Waals surface area contributed by atoms with Gasteiger partial charge in [0.15, 0.2) is 5.69 Å². The predicted octanol–water partition coefficient (Wildman–Crippen LogP) is 1.49. The summed E-state index contributed by atoms with van der Waals surface area (Å²) in [7, 11) is 5.31. The highest BCUT2D eigenvalue weighted by Gasteiger charge is 2.22. The third-order valence-corrected chi connectivity index (χ3v) is 5.08. The van der Waals surface area contributed by atoms with E-state index in [9.17, 15) is 9.59 Å². The number of rotatable bonds is 6. The average molecular weight is 412 g/mol. The van der Waals surface area contributed by atoms with E-state index in [1.54, 1.807) is 16.4 Å². The lowest BCUT2D eigenvalue weighted by Gasteiger charge is -2.13. The van der Waals surface area contributed by atoms with Gasteiger partial charge in [-0.1, -0.05) is 0 Å². The number of aromatic nitrogens is 6. The first-order chi connectivity index (χ1) is 14.1. The van der Waals surface area contributed by atoms with E-state index in [-0.39, 0.29) is 29.6 Å². The fourth-order valence-corrected chi connectivity index (χ4v) is 3.57. The number of hydrogen-bond acceptors (Lipinski definition) is 5. The number of amides is 2. The Morgan fingerprint density at radius 3 is 1.73 bits per heavy atom. The number of nitrogens with one attached hydrogen (secondary N) is 2. The first kappa shape index (κ1) is 21.3. The second kappa shape index (κ2) is 8.13. The smallest absolute Gasteiger partial charge is 0.272 e. The quantitative estimate of drug-likeness (QED) is 0.637. The molecule has 0 saturated heterocycles. The molecule has 3 aromatic rings. The van der Waals surface area contributed by atoms with Crippen LogP contribution in [0.15, 0.2) is 18.5 Å². The van der Waals surface area contributed by atoms with Gasteiger partial charge < -0.3 is 10.6 Å². The van der Waals surface area contributed by atoms with E-state index in [0.29, 0.717) is 5.69 Å². The van der Waals surface area contributed by atoms with E-state index in [2.05, 4.69) is 25.9 Å². The van der Waals surface area contributed by atoms with Crippen LogP contribution in [-0.4, -0.2) is 41.2 Å². The van der Waals surface area contributed by atoms with Gasteiger partial charge in [-0.25, -0.2) is 0 Å². The van der Waals surface area contributed by atoms with E-state index in [4.69, 9.17) is 0 Å². The predicted molar refractivity (Wildman–Crippen MR) is 111 cm³/mol. The Labute approximate surface area is 175 Å². The van der Waals surface area contributed by atoms with Gasteiger partial charge in [0.25, 0.3) is 11.8 Å². The van der Waals surface area contributed by atoms with Crippen molar-refractivity contribution in [1.82, 2.24) is 40.0 Å². The summed E-state index contributed by atoms with van der Waals surface area (Å²) in [4.78, 5) is 25.4. The summed E-state index contributed by atoms with van der Waals surface area (Å²) in [5.74, 6) is -0.660. The molecule has 0 saturated carbocycles. The van der Waals surface area contributed by atoms with Crippen LogP contribution in [0.1, 0.15) is 69.4 Å². The topological polar surface area (TPSA) is 112 Å². The van der Waals surface area contributed by atoms with Gasteiger partial charge in [-0.05, 0) is 27.7 Å². The second-order valence-electron chi connectivity index (χ2n) is 7.62. The lowest BCUT2D eigenvalue weighted by molar-refractivity contribution is 0.0924. The van der Waals surface area contributed by atoms with Crippen LogP contribution in [0.4, 0.5) is 0 Å². The summed E-state index contributed by atoms with van der Waals surface area (Å²) in [5.41, 5.74) is 4.06. The van der Waals surface area contributed by atoms with Gasteiger partial charge in [0.05, 0.1) is 23.5 Å². The lowest BCUT2D eigenvalue weighted by Crippen LogP contribution is -2.28. The highest BCUT2D eigenvalue weighted by Crippen LogP contribution is 2.18. The largest absolute Gasteiger partial charge is 0.344 e. The molecule has 0 fully saturated rings. The summed E-state index contributed by atoms with van der Waals surface area (Å²) in [5, 5.41) is 18.7. The van der Waals surface area contributed by atoms with E-state index < -0.39 is 0 Å². The Morgan fingerprint density at radius 2 is 1.30 bits per heavy atom. The molecule has 10 nitrogen and oxygen atoms in total. The van der Waals surface area contributed by atoms with E-state index in [0.717, 1.165) is 22.5 Å². The molecule has 0 aromatic carbocycles. The molecule has 2 amide bonds. The van der Waals surface area contributed by atoms with Gasteiger partial charge in [-0.3, -0.25) is 23.6 Å². The Balaban J connectivity index is 1.71. The molecule has 0 aliphatic heterocycles. The molecule has 10 heteroatoms. The molecule has 2 atom stereocenters. The summed E-state index contributed by atoms with van der Waals surface area (Å²) in [6.07, 6.45) is 3.75. The van der Waals surface area contributed by atoms with Crippen LogP contribution in [0.25, 0.3) is 0 Å². The van der Waals surface area contributed by atoms with Gasteiger partial charge in [-0.15, -0.1) is 0 Å². The maximum Gasteiger partial charge on any atom is 0.272 e. The zero-order chi connectivity index (χ0) is 22.2. The molecule has 0 radical (unpaired) electrons. The number of nitrogens with zero attached hydrogens (tertiary/aromatic N) is 6. The third kappa shape index (κ3) is 4.27. The number of hydrogen-bond donors (Lipinski definition) is 2. The molecular formula is C20H28N8O2. The van der Waals surface area contributed by atoms with Crippen molar-refractivity contribution in [2.45, 2.75) is 39.8 Å². The first-order valence-electron chi connectivity index (χ1n) is 9.72. The second-order valence-corrected chi connectivity index (χ2v) is 7.62. The maximum absolute atomic E-state index is 12.8. The molecule has 2 N–H and O–H groups in total. The third-order valence-electron chi connectivity index (χ3n) is 5.08. The monoisotopic (exact) mass is 412 g/mol. The van der Waals surface area contributed by atoms with Crippen LogP contribution in [0.2, 0.25) is 0 Å².